The Bertz CT molecular complexity index is 1380. The smallest absolute Gasteiger partial charge is 0.298 e. The van der Waals surface area contributed by atoms with Gasteiger partial charge in [-0.05, 0) is 91.9 Å². The van der Waals surface area contributed by atoms with Gasteiger partial charge in [0.15, 0.2) is 0 Å². The van der Waals surface area contributed by atoms with Crippen molar-refractivity contribution < 1.29 is 9.66 Å². The van der Waals surface area contributed by atoms with Crippen LogP contribution < -0.4 is 20.4 Å². The van der Waals surface area contributed by atoms with Crippen LogP contribution in [0.5, 0.6) is 5.75 Å². The third-order valence-corrected chi connectivity index (χ3v) is 10.0. The van der Waals surface area contributed by atoms with Crippen LogP contribution in [0.3, 0.4) is 0 Å². The van der Waals surface area contributed by atoms with Gasteiger partial charge >= 0.3 is 0 Å². The average molecular weight is 694 g/mol. The fraction of sp³-hybridized carbons (Fsp3) is 0.0769. The first-order valence-corrected chi connectivity index (χ1v) is 15.0. The van der Waals surface area contributed by atoms with E-state index in [1.54, 1.807) is 12.1 Å². The van der Waals surface area contributed by atoms with Crippen molar-refractivity contribution in [1.82, 2.24) is 0 Å². The van der Waals surface area contributed by atoms with Crippen LogP contribution in [0.1, 0.15) is 6.92 Å². The highest BCUT2D eigenvalue weighted by molar-refractivity contribution is 9.11. The Hall–Kier alpha value is -2.45. The van der Waals surface area contributed by atoms with Crippen molar-refractivity contribution in [3.63, 3.8) is 0 Å². The van der Waals surface area contributed by atoms with E-state index in [1.807, 2.05) is 79.7 Å². The molecule has 0 aliphatic carbocycles. The Labute approximate surface area is 234 Å². The van der Waals surface area contributed by atoms with Crippen molar-refractivity contribution in [3.8, 4) is 5.75 Å². The summed E-state index contributed by atoms with van der Waals surface area (Å²) in [6.07, 6.45) is 0. The quantitative estimate of drug-likeness (QED) is 0.114. The molecule has 184 valence electrons. The van der Waals surface area contributed by atoms with Gasteiger partial charge in [0.25, 0.3) is 5.69 Å². The van der Waals surface area contributed by atoms with Gasteiger partial charge in [0, 0.05) is 29.7 Å². The molecule has 0 aliphatic heterocycles. The SMILES string of the molecule is CCOc1ccc(N=P(Nc2ccc(Br)cc2)(c2ccc(Br)cc2)c2ccc(Br)cc2)c([N+](=O)[O-])c1. The minimum atomic E-state index is -2.82. The van der Waals surface area contributed by atoms with Crippen LogP contribution in [0.25, 0.3) is 0 Å². The highest BCUT2D eigenvalue weighted by Crippen LogP contribution is 2.52. The Morgan fingerprint density at radius 3 is 1.81 bits per heavy atom. The molecule has 4 aromatic rings. The number of anilines is 1. The Morgan fingerprint density at radius 2 is 1.33 bits per heavy atom. The summed E-state index contributed by atoms with van der Waals surface area (Å²) in [6.45, 7) is 2.25. The number of nitro groups is 1. The molecule has 0 aromatic heterocycles. The molecule has 0 unspecified atom stereocenters. The summed E-state index contributed by atoms with van der Waals surface area (Å²) in [5.74, 6) is 0.431. The minimum Gasteiger partial charge on any atom is -0.494 e. The number of nitro benzene ring substituents is 1. The van der Waals surface area contributed by atoms with E-state index < -0.39 is 12.1 Å². The lowest BCUT2D eigenvalue weighted by Gasteiger charge is -2.28. The van der Waals surface area contributed by atoms with Crippen LogP contribution >= 0.6 is 55.0 Å². The monoisotopic (exact) mass is 691 g/mol. The maximum absolute atomic E-state index is 12.1. The molecule has 6 nitrogen and oxygen atoms in total. The van der Waals surface area contributed by atoms with Gasteiger partial charge in [-0.2, -0.15) is 0 Å². The predicted molar refractivity (Wildman–Crippen MR) is 159 cm³/mol. The third-order valence-electron chi connectivity index (χ3n) is 5.25. The maximum atomic E-state index is 12.1. The lowest BCUT2D eigenvalue weighted by Crippen LogP contribution is -2.22. The van der Waals surface area contributed by atoms with E-state index >= 15 is 0 Å². The molecule has 0 atom stereocenters. The first kappa shape index (κ1) is 26.6. The van der Waals surface area contributed by atoms with Gasteiger partial charge in [-0.1, -0.05) is 47.8 Å². The van der Waals surface area contributed by atoms with Crippen LogP contribution in [0.4, 0.5) is 17.1 Å². The number of halogens is 3. The Morgan fingerprint density at radius 1 is 0.833 bits per heavy atom. The molecule has 0 heterocycles. The largest absolute Gasteiger partial charge is 0.494 e. The van der Waals surface area contributed by atoms with E-state index in [1.165, 1.54) is 6.07 Å². The van der Waals surface area contributed by atoms with Crippen molar-refractivity contribution in [3.05, 3.63) is 115 Å². The second kappa shape index (κ2) is 11.7. The van der Waals surface area contributed by atoms with Crippen LogP contribution in [-0.4, -0.2) is 11.5 Å². The minimum absolute atomic E-state index is 0.114. The van der Waals surface area contributed by atoms with Crippen molar-refractivity contribution >= 4 is 82.7 Å². The molecule has 4 aromatic carbocycles. The number of hydrogen-bond donors (Lipinski definition) is 1. The fourth-order valence-electron chi connectivity index (χ4n) is 3.60. The second-order valence-corrected chi connectivity index (χ2v) is 13.1. The fourth-order valence-corrected chi connectivity index (χ4v) is 7.40. The summed E-state index contributed by atoms with van der Waals surface area (Å²) in [5.41, 5.74) is 0.999. The van der Waals surface area contributed by atoms with Crippen LogP contribution in [0.2, 0.25) is 0 Å². The van der Waals surface area contributed by atoms with E-state index in [4.69, 9.17) is 9.48 Å². The van der Waals surface area contributed by atoms with E-state index in [-0.39, 0.29) is 11.4 Å². The molecule has 0 radical (unpaired) electrons. The molecular formula is C26H21Br3N3O3P. The van der Waals surface area contributed by atoms with E-state index in [9.17, 15) is 10.1 Å². The standard InChI is InChI=1S/C26H21Br3N3O3P/c1-2-35-22-11-16-25(26(17-22)32(33)34)31-36(23-12-5-19(28)6-13-23,24-14-7-20(29)8-15-24)30-21-9-3-18(27)4-10-21/h3-17,30H,2H2,1H3. The van der Waals surface area contributed by atoms with Gasteiger partial charge in [0.1, 0.15) is 18.6 Å². The highest BCUT2D eigenvalue weighted by atomic mass is 79.9. The number of nitrogens with zero attached hydrogens (tertiary/aromatic N) is 2. The molecule has 10 heteroatoms. The zero-order valence-electron chi connectivity index (χ0n) is 19.1. The molecule has 0 amide bonds. The first-order chi connectivity index (χ1) is 17.3. The molecule has 0 spiro atoms. The topological polar surface area (TPSA) is 76.8 Å². The average Bonchev–Trinajstić information content (AvgIpc) is 2.87. The van der Waals surface area contributed by atoms with Crippen LogP contribution in [-0.2, 0) is 0 Å². The molecular weight excluding hydrogens is 673 g/mol. The second-order valence-electron chi connectivity index (χ2n) is 7.65. The van der Waals surface area contributed by atoms with E-state index in [2.05, 4.69) is 52.9 Å². The number of ether oxygens (including phenoxy) is 1. The number of hydrogen-bond acceptors (Lipinski definition) is 4. The molecule has 0 aliphatic rings. The Balaban J connectivity index is 2.06. The van der Waals surface area contributed by atoms with Gasteiger partial charge in [-0.3, -0.25) is 10.1 Å². The Kier molecular flexibility index (Phi) is 8.67. The highest BCUT2D eigenvalue weighted by Gasteiger charge is 2.28. The predicted octanol–water partition coefficient (Wildman–Crippen LogP) is 8.79. The van der Waals surface area contributed by atoms with Crippen molar-refractivity contribution in [2.45, 2.75) is 6.92 Å². The number of benzene rings is 4. The summed E-state index contributed by atoms with van der Waals surface area (Å²) in [7, 11) is -2.82. The van der Waals surface area contributed by atoms with Gasteiger partial charge in [-0.15, -0.1) is 0 Å². The summed E-state index contributed by atoms with van der Waals surface area (Å²) < 4.78 is 13.5. The van der Waals surface area contributed by atoms with Gasteiger partial charge in [0.05, 0.1) is 17.6 Å². The molecule has 1 N–H and O–H groups in total. The molecule has 0 bridgehead atoms. The van der Waals surface area contributed by atoms with E-state index in [0.717, 1.165) is 29.7 Å². The van der Waals surface area contributed by atoms with Crippen molar-refractivity contribution in [2.24, 2.45) is 4.74 Å². The summed E-state index contributed by atoms with van der Waals surface area (Å²) in [4.78, 5) is 11.7. The molecule has 4 rings (SSSR count). The summed E-state index contributed by atoms with van der Waals surface area (Å²) in [6, 6.07) is 28.4. The normalized spacial score (nSPS) is 11.1. The lowest BCUT2D eigenvalue weighted by molar-refractivity contribution is -0.384. The van der Waals surface area contributed by atoms with Crippen molar-refractivity contribution in [2.75, 3.05) is 11.7 Å². The van der Waals surface area contributed by atoms with Gasteiger partial charge in [0.2, 0.25) is 0 Å². The van der Waals surface area contributed by atoms with E-state index in [0.29, 0.717) is 12.4 Å². The lowest BCUT2D eigenvalue weighted by atomic mass is 10.2. The molecule has 0 saturated carbocycles. The van der Waals surface area contributed by atoms with Crippen LogP contribution in [0, 0.1) is 10.1 Å². The molecule has 0 saturated heterocycles. The molecule has 36 heavy (non-hydrogen) atoms. The number of nitrogens with one attached hydrogen (secondary N) is 1. The third kappa shape index (κ3) is 6.09. The van der Waals surface area contributed by atoms with Crippen LogP contribution in [0.15, 0.2) is 109 Å². The molecule has 0 fully saturated rings. The summed E-state index contributed by atoms with van der Waals surface area (Å²) >= 11 is 10.5. The maximum Gasteiger partial charge on any atom is 0.298 e. The van der Waals surface area contributed by atoms with Gasteiger partial charge < -0.3 is 9.82 Å². The zero-order valence-corrected chi connectivity index (χ0v) is 24.7. The number of rotatable bonds is 8. The van der Waals surface area contributed by atoms with Crippen molar-refractivity contribution in [1.29, 1.82) is 0 Å². The van der Waals surface area contributed by atoms with Gasteiger partial charge in [-0.25, -0.2) is 4.74 Å². The summed E-state index contributed by atoms with van der Waals surface area (Å²) in [5, 5.41) is 17.6. The zero-order chi connectivity index (χ0) is 25.7. The first-order valence-electron chi connectivity index (χ1n) is 10.9.